The topological polar surface area (TPSA) is 55.4 Å². The third-order valence-electron chi connectivity index (χ3n) is 3.24. The molecule has 0 aliphatic heterocycles. The molecule has 114 valence electrons. The van der Waals surface area contributed by atoms with Crippen LogP contribution in [0, 0.1) is 6.92 Å². The largest absolute Gasteiger partial charge is 0.484 e. The Kier molecular flexibility index (Phi) is 5.31. The van der Waals surface area contributed by atoms with Gasteiger partial charge in [0.15, 0.2) is 12.4 Å². The molecule has 22 heavy (non-hydrogen) atoms. The molecule has 4 nitrogen and oxygen atoms in total. The summed E-state index contributed by atoms with van der Waals surface area (Å²) in [4.78, 5) is 22.9. The summed E-state index contributed by atoms with van der Waals surface area (Å²) in [5.74, 6) is 0.383. The highest BCUT2D eigenvalue weighted by atomic mass is 16.5. The maximum atomic E-state index is 11.7. The molecule has 0 aromatic heterocycles. The summed E-state index contributed by atoms with van der Waals surface area (Å²) < 4.78 is 5.39. The molecule has 0 saturated heterocycles. The lowest BCUT2D eigenvalue weighted by Crippen LogP contribution is -2.28. The van der Waals surface area contributed by atoms with Gasteiger partial charge in [-0.15, -0.1) is 0 Å². The number of nitrogens with one attached hydrogen (secondary N) is 1. The number of ketones is 1. The predicted octanol–water partition coefficient (Wildman–Crippen LogP) is 2.89. The maximum Gasteiger partial charge on any atom is 0.258 e. The zero-order chi connectivity index (χ0) is 15.9. The highest BCUT2D eigenvalue weighted by Gasteiger charge is 2.04. The molecule has 2 rings (SSSR count). The van der Waals surface area contributed by atoms with E-state index in [0.29, 0.717) is 17.9 Å². The van der Waals surface area contributed by atoms with Crippen molar-refractivity contribution in [3.8, 4) is 5.75 Å². The summed E-state index contributed by atoms with van der Waals surface area (Å²) in [6, 6.07) is 14.7. The van der Waals surface area contributed by atoms with E-state index in [4.69, 9.17) is 4.74 Å². The van der Waals surface area contributed by atoms with Crippen LogP contribution in [-0.2, 0) is 11.3 Å². The average Bonchev–Trinajstić information content (AvgIpc) is 2.52. The van der Waals surface area contributed by atoms with E-state index >= 15 is 0 Å². The summed E-state index contributed by atoms with van der Waals surface area (Å²) in [5.41, 5.74) is 2.85. The first-order valence-corrected chi connectivity index (χ1v) is 7.10. The van der Waals surface area contributed by atoms with E-state index in [2.05, 4.69) is 5.32 Å². The number of benzene rings is 2. The molecule has 0 atom stereocenters. The van der Waals surface area contributed by atoms with Crippen molar-refractivity contribution in [2.75, 3.05) is 6.61 Å². The molecule has 0 radical (unpaired) electrons. The summed E-state index contributed by atoms with van der Waals surface area (Å²) >= 11 is 0. The fourth-order valence-corrected chi connectivity index (χ4v) is 1.89. The van der Waals surface area contributed by atoms with Gasteiger partial charge in [0, 0.05) is 12.1 Å². The van der Waals surface area contributed by atoms with Crippen molar-refractivity contribution in [3.63, 3.8) is 0 Å². The lowest BCUT2D eigenvalue weighted by molar-refractivity contribution is -0.123. The van der Waals surface area contributed by atoms with Crippen LogP contribution >= 0.6 is 0 Å². The first-order valence-electron chi connectivity index (χ1n) is 7.10. The summed E-state index contributed by atoms with van der Waals surface area (Å²) in [6.07, 6.45) is 0. The van der Waals surface area contributed by atoms with Crippen LogP contribution in [0.4, 0.5) is 0 Å². The molecule has 2 aromatic rings. The number of rotatable bonds is 6. The van der Waals surface area contributed by atoms with Gasteiger partial charge in [-0.05, 0) is 43.7 Å². The summed E-state index contributed by atoms with van der Waals surface area (Å²) in [7, 11) is 0. The van der Waals surface area contributed by atoms with Crippen LogP contribution in [0.1, 0.15) is 28.4 Å². The van der Waals surface area contributed by atoms with Crippen LogP contribution < -0.4 is 10.1 Å². The number of ether oxygens (including phenoxy) is 1. The van der Waals surface area contributed by atoms with Gasteiger partial charge in [0.1, 0.15) is 5.75 Å². The first-order chi connectivity index (χ1) is 10.5. The van der Waals surface area contributed by atoms with Crippen molar-refractivity contribution < 1.29 is 14.3 Å². The molecule has 0 saturated carbocycles. The van der Waals surface area contributed by atoms with Gasteiger partial charge in [-0.2, -0.15) is 0 Å². The van der Waals surface area contributed by atoms with Crippen molar-refractivity contribution in [1.29, 1.82) is 0 Å². The minimum Gasteiger partial charge on any atom is -0.484 e. The Morgan fingerprint density at radius 1 is 1.00 bits per heavy atom. The van der Waals surface area contributed by atoms with Crippen molar-refractivity contribution in [2.45, 2.75) is 20.4 Å². The Morgan fingerprint density at radius 3 is 2.23 bits per heavy atom. The number of carbonyl (C=O) groups is 2. The lowest BCUT2D eigenvalue weighted by Gasteiger charge is -2.08. The Bertz CT molecular complexity index is 645. The standard InChI is InChI=1S/C18H19NO3/c1-13-3-5-15(6-4-13)11-19-18(21)12-22-17-9-7-16(8-10-17)14(2)20/h3-10H,11-12H2,1-2H3,(H,19,21). The number of aryl methyl sites for hydroxylation is 1. The third kappa shape index (κ3) is 4.74. The minimum atomic E-state index is -0.184. The molecule has 0 fully saturated rings. The van der Waals surface area contributed by atoms with Crippen LogP contribution in [0.5, 0.6) is 5.75 Å². The molecular formula is C18H19NO3. The van der Waals surface area contributed by atoms with E-state index in [1.54, 1.807) is 24.3 Å². The lowest BCUT2D eigenvalue weighted by atomic mass is 10.1. The number of carbonyl (C=O) groups excluding carboxylic acids is 2. The van der Waals surface area contributed by atoms with Crippen LogP contribution in [0.2, 0.25) is 0 Å². The molecule has 2 aromatic carbocycles. The molecule has 0 heterocycles. The third-order valence-corrected chi connectivity index (χ3v) is 3.24. The highest BCUT2D eigenvalue weighted by molar-refractivity contribution is 5.94. The average molecular weight is 297 g/mol. The van der Waals surface area contributed by atoms with Crippen molar-refractivity contribution >= 4 is 11.7 Å². The van der Waals surface area contributed by atoms with E-state index in [1.165, 1.54) is 12.5 Å². The van der Waals surface area contributed by atoms with Crippen LogP contribution in [0.3, 0.4) is 0 Å². The zero-order valence-electron chi connectivity index (χ0n) is 12.8. The fraction of sp³-hybridized carbons (Fsp3) is 0.222. The predicted molar refractivity (Wildman–Crippen MR) is 85.0 cm³/mol. The molecule has 1 amide bonds. The first kappa shape index (κ1) is 15.8. The minimum absolute atomic E-state index is 0.00221. The number of Topliss-reactive ketones (excluding diaryl/α,β-unsaturated/α-hetero) is 1. The van der Waals surface area contributed by atoms with E-state index < -0.39 is 0 Å². The van der Waals surface area contributed by atoms with Gasteiger partial charge in [0.05, 0.1) is 0 Å². The maximum absolute atomic E-state index is 11.7. The Morgan fingerprint density at radius 2 is 1.64 bits per heavy atom. The Balaban J connectivity index is 1.77. The van der Waals surface area contributed by atoms with Gasteiger partial charge >= 0.3 is 0 Å². The molecule has 4 heteroatoms. The van der Waals surface area contributed by atoms with Crippen molar-refractivity contribution in [2.24, 2.45) is 0 Å². The van der Waals surface area contributed by atoms with E-state index in [0.717, 1.165) is 5.56 Å². The monoisotopic (exact) mass is 297 g/mol. The van der Waals surface area contributed by atoms with Crippen molar-refractivity contribution in [3.05, 3.63) is 65.2 Å². The van der Waals surface area contributed by atoms with Gasteiger partial charge in [-0.1, -0.05) is 29.8 Å². The Hall–Kier alpha value is -2.62. The van der Waals surface area contributed by atoms with E-state index in [-0.39, 0.29) is 18.3 Å². The van der Waals surface area contributed by atoms with Crippen LogP contribution in [0.15, 0.2) is 48.5 Å². The molecule has 1 N–H and O–H groups in total. The normalized spacial score (nSPS) is 10.1. The smallest absolute Gasteiger partial charge is 0.258 e. The zero-order valence-corrected chi connectivity index (χ0v) is 12.8. The molecule has 0 aliphatic carbocycles. The van der Waals surface area contributed by atoms with Crippen molar-refractivity contribution in [1.82, 2.24) is 5.32 Å². The second kappa shape index (κ2) is 7.41. The second-order valence-electron chi connectivity index (χ2n) is 5.13. The van der Waals surface area contributed by atoms with E-state index in [1.807, 2.05) is 31.2 Å². The molecule has 0 bridgehead atoms. The summed E-state index contributed by atoms with van der Waals surface area (Å²) in [6.45, 7) is 3.96. The van der Waals surface area contributed by atoms with Gasteiger partial charge in [0.25, 0.3) is 5.91 Å². The summed E-state index contributed by atoms with van der Waals surface area (Å²) in [5, 5.41) is 2.80. The van der Waals surface area contributed by atoms with Gasteiger partial charge < -0.3 is 10.1 Å². The quantitative estimate of drug-likeness (QED) is 0.834. The van der Waals surface area contributed by atoms with Gasteiger partial charge in [-0.3, -0.25) is 9.59 Å². The fourth-order valence-electron chi connectivity index (χ4n) is 1.89. The molecule has 0 aliphatic rings. The molecule has 0 unspecified atom stereocenters. The Labute approximate surface area is 130 Å². The molecular weight excluding hydrogens is 278 g/mol. The van der Waals surface area contributed by atoms with Gasteiger partial charge in [0.2, 0.25) is 0 Å². The second-order valence-corrected chi connectivity index (χ2v) is 5.13. The van der Waals surface area contributed by atoms with Crippen LogP contribution in [-0.4, -0.2) is 18.3 Å². The molecule has 0 spiro atoms. The number of amides is 1. The van der Waals surface area contributed by atoms with E-state index in [9.17, 15) is 9.59 Å². The number of hydrogen-bond donors (Lipinski definition) is 1. The highest BCUT2D eigenvalue weighted by Crippen LogP contribution is 2.12. The van der Waals surface area contributed by atoms with Gasteiger partial charge in [-0.25, -0.2) is 0 Å². The van der Waals surface area contributed by atoms with Crippen LogP contribution in [0.25, 0.3) is 0 Å². The number of hydrogen-bond acceptors (Lipinski definition) is 3. The SMILES string of the molecule is CC(=O)c1ccc(OCC(=O)NCc2ccc(C)cc2)cc1.